The molecule has 13 nitrogen and oxygen atoms in total. The molecule has 16 heteroatoms. The molecule has 0 unspecified atom stereocenters. The van der Waals surface area contributed by atoms with Crippen LogP contribution in [0.1, 0.15) is 96.1 Å². The Morgan fingerprint density at radius 2 is 1.87 bits per heavy atom. The van der Waals surface area contributed by atoms with Gasteiger partial charge >= 0.3 is 12.1 Å². The number of fused-ring (bicyclic) bond motifs is 3. The zero-order chi connectivity index (χ0) is 39.0. The molecular weight excluding hydrogens is 743 g/mol. The van der Waals surface area contributed by atoms with E-state index in [4.69, 9.17) is 21.1 Å². The lowest BCUT2D eigenvalue weighted by atomic mass is 9.95. The second-order valence-corrected chi connectivity index (χ2v) is 18.4. The van der Waals surface area contributed by atoms with Crippen molar-refractivity contribution in [1.29, 1.82) is 0 Å². The van der Waals surface area contributed by atoms with Gasteiger partial charge in [0.1, 0.15) is 29.1 Å². The summed E-state index contributed by atoms with van der Waals surface area (Å²) >= 11 is 6.28. The SMILES string of the molecule is CC(C)(C)OC(=O)C[C@H]1CCCCCC=C=C[C@@H]2C[C@@]2(C(=O)NS(=O)(=O)C2CC2)NC(=O)[C@@H]2C[C@@H](OC(=O)N3CCc4c(Cl)ccc(F)c4C3)CN2C1=O. The van der Waals surface area contributed by atoms with Crippen LogP contribution in [0.3, 0.4) is 0 Å². The molecular formula is C38H48ClFN4O9S. The summed E-state index contributed by atoms with van der Waals surface area (Å²) in [5.41, 5.74) is 1.59. The number of hydrogen-bond acceptors (Lipinski definition) is 9. The topological polar surface area (TPSA) is 168 Å². The van der Waals surface area contributed by atoms with E-state index in [-0.39, 0.29) is 44.5 Å². The molecule has 5 aliphatic rings. The predicted molar refractivity (Wildman–Crippen MR) is 195 cm³/mol. The molecule has 2 aliphatic carbocycles. The average Bonchev–Trinajstić information content (AvgIpc) is 4.02. The summed E-state index contributed by atoms with van der Waals surface area (Å²) in [6, 6.07) is 1.48. The van der Waals surface area contributed by atoms with Gasteiger partial charge in [0.15, 0.2) is 0 Å². The van der Waals surface area contributed by atoms with Crippen molar-refractivity contribution in [3.63, 3.8) is 0 Å². The van der Waals surface area contributed by atoms with Crippen molar-refractivity contribution < 1.29 is 46.3 Å². The third-order valence-electron chi connectivity index (χ3n) is 10.6. The van der Waals surface area contributed by atoms with Crippen molar-refractivity contribution >= 4 is 51.4 Å². The highest BCUT2D eigenvalue weighted by Crippen LogP contribution is 2.46. The lowest BCUT2D eigenvalue weighted by Gasteiger charge is -2.30. The highest BCUT2D eigenvalue weighted by atomic mass is 35.5. The fourth-order valence-corrected chi connectivity index (χ4v) is 9.13. The van der Waals surface area contributed by atoms with Crippen LogP contribution in [0.15, 0.2) is 30.0 Å². The second kappa shape index (κ2) is 15.7. The molecule has 4 amide bonds. The molecule has 0 radical (unpaired) electrons. The molecule has 0 spiro atoms. The van der Waals surface area contributed by atoms with Crippen LogP contribution in [-0.4, -0.2) is 89.6 Å². The van der Waals surface area contributed by atoms with E-state index < -0.39 is 86.0 Å². The van der Waals surface area contributed by atoms with Gasteiger partial charge in [-0.2, -0.15) is 0 Å². The van der Waals surface area contributed by atoms with E-state index in [2.05, 4.69) is 15.8 Å². The first-order valence-corrected chi connectivity index (χ1v) is 20.6. The molecule has 3 heterocycles. The van der Waals surface area contributed by atoms with Crippen LogP contribution in [0.2, 0.25) is 5.02 Å². The van der Waals surface area contributed by atoms with E-state index >= 15 is 0 Å². The van der Waals surface area contributed by atoms with Gasteiger partial charge in [-0.15, -0.1) is 5.73 Å². The number of hydrogen-bond donors (Lipinski definition) is 2. The number of ether oxygens (including phenoxy) is 2. The number of nitrogens with zero attached hydrogens (tertiary/aromatic N) is 2. The van der Waals surface area contributed by atoms with E-state index in [1.165, 1.54) is 21.9 Å². The normalized spacial score (nSPS) is 27.6. The van der Waals surface area contributed by atoms with Crippen LogP contribution in [0.4, 0.5) is 9.18 Å². The molecule has 2 saturated carbocycles. The first-order valence-electron chi connectivity index (χ1n) is 18.7. The molecule has 2 N–H and O–H groups in total. The Hall–Kier alpha value is -3.94. The maximum atomic E-state index is 14.7. The summed E-state index contributed by atoms with van der Waals surface area (Å²) in [5.74, 6) is -4.59. The molecule has 0 aromatic heterocycles. The van der Waals surface area contributed by atoms with Gasteiger partial charge < -0.3 is 24.6 Å². The van der Waals surface area contributed by atoms with Crippen molar-refractivity contribution in [2.45, 2.75) is 126 Å². The number of carbonyl (C=O) groups excluding carboxylic acids is 5. The van der Waals surface area contributed by atoms with Crippen LogP contribution in [0, 0.1) is 17.7 Å². The molecule has 0 bridgehead atoms. The number of amides is 4. The van der Waals surface area contributed by atoms with E-state index in [1.807, 2.05) is 6.08 Å². The first-order chi connectivity index (χ1) is 25.5. The molecule has 3 aliphatic heterocycles. The van der Waals surface area contributed by atoms with Gasteiger partial charge in [0.25, 0.3) is 5.91 Å². The summed E-state index contributed by atoms with van der Waals surface area (Å²) in [6.45, 7) is 5.12. The summed E-state index contributed by atoms with van der Waals surface area (Å²) in [7, 11) is -3.94. The Labute approximate surface area is 320 Å². The minimum atomic E-state index is -3.94. The largest absolute Gasteiger partial charge is 0.460 e. The van der Waals surface area contributed by atoms with Gasteiger partial charge in [-0.3, -0.25) is 23.9 Å². The second-order valence-electron chi connectivity index (χ2n) is 16.0. The van der Waals surface area contributed by atoms with E-state index in [0.717, 1.165) is 12.8 Å². The number of carbonyl (C=O) groups is 5. The molecule has 1 aromatic carbocycles. The molecule has 5 atom stereocenters. The molecule has 54 heavy (non-hydrogen) atoms. The zero-order valence-electron chi connectivity index (χ0n) is 30.8. The Bertz CT molecular complexity index is 1870. The highest BCUT2D eigenvalue weighted by Gasteiger charge is 2.62. The molecule has 1 aromatic rings. The molecule has 294 valence electrons. The Morgan fingerprint density at radius 1 is 1.11 bits per heavy atom. The number of esters is 1. The maximum absolute atomic E-state index is 14.7. The summed E-state index contributed by atoms with van der Waals surface area (Å²) in [4.78, 5) is 71.5. The third-order valence-corrected chi connectivity index (χ3v) is 12.8. The van der Waals surface area contributed by atoms with Crippen molar-refractivity contribution in [2.24, 2.45) is 11.8 Å². The summed E-state index contributed by atoms with van der Waals surface area (Å²) < 4.78 is 53.9. The van der Waals surface area contributed by atoms with Gasteiger partial charge in [0, 0.05) is 35.4 Å². The van der Waals surface area contributed by atoms with E-state index in [9.17, 15) is 36.8 Å². The number of nitrogens with one attached hydrogen (secondary N) is 2. The Balaban J connectivity index is 1.26. The average molecular weight is 791 g/mol. The quantitative estimate of drug-likeness (QED) is 0.313. The Morgan fingerprint density at radius 3 is 2.59 bits per heavy atom. The monoisotopic (exact) mass is 790 g/mol. The number of rotatable bonds is 6. The standard InChI is InChI=1S/C38H48ClFN4O9S/c1-37(2,3)53-32(45)18-23-10-8-6-4-5-7-9-11-24-20-38(24,35(48)42-54(50,51)26-12-13-26)41-33(46)31-19-25(21-44(31)34(23)47)52-36(49)43-17-16-27-28(22-43)30(40)15-14-29(27)39/h7,11,14-15,23-26,31H,4-6,8,10,12-13,16-22H2,1-3H3,(H,41,46)(H,42,48)/t9?,23-,24-,25-,31+,38-/m1/s1. The van der Waals surface area contributed by atoms with Crippen LogP contribution in [-0.2, 0) is 51.6 Å². The summed E-state index contributed by atoms with van der Waals surface area (Å²) in [6.07, 6.45) is 5.82. The minimum absolute atomic E-state index is 0.0808. The molecule has 1 saturated heterocycles. The van der Waals surface area contributed by atoms with Crippen LogP contribution >= 0.6 is 11.6 Å². The summed E-state index contributed by atoms with van der Waals surface area (Å²) in [5, 5.41) is 2.51. The fourth-order valence-electron chi connectivity index (χ4n) is 7.49. The Kier molecular flexibility index (Phi) is 11.5. The smallest absolute Gasteiger partial charge is 0.410 e. The van der Waals surface area contributed by atoms with Gasteiger partial charge in [0.2, 0.25) is 21.8 Å². The lowest BCUT2D eigenvalue weighted by Crippen LogP contribution is -2.57. The first kappa shape index (κ1) is 39.7. The number of sulfonamides is 1. The van der Waals surface area contributed by atoms with Crippen LogP contribution < -0.4 is 10.0 Å². The zero-order valence-corrected chi connectivity index (χ0v) is 32.4. The van der Waals surface area contributed by atoms with Gasteiger partial charge in [-0.05, 0) is 95.6 Å². The van der Waals surface area contributed by atoms with Crippen LogP contribution in [0.25, 0.3) is 0 Å². The van der Waals surface area contributed by atoms with Gasteiger partial charge in [-0.1, -0.05) is 24.4 Å². The highest BCUT2D eigenvalue weighted by molar-refractivity contribution is 7.91. The van der Waals surface area contributed by atoms with E-state index in [0.29, 0.717) is 49.1 Å². The minimum Gasteiger partial charge on any atom is -0.460 e. The predicted octanol–water partition coefficient (Wildman–Crippen LogP) is 4.45. The van der Waals surface area contributed by atoms with Crippen molar-refractivity contribution in [2.75, 3.05) is 13.1 Å². The van der Waals surface area contributed by atoms with E-state index in [1.54, 1.807) is 26.8 Å². The molecule has 3 fully saturated rings. The number of benzene rings is 1. The van der Waals surface area contributed by atoms with Crippen molar-refractivity contribution in [3.8, 4) is 0 Å². The van der Waals surface area contributed by atoms with Crippen molar-refractivity contribution in [3.05, 3.63) is 52.0 Å². The van der Waals surface area contributed by atoms with Gasteiger partial charge in [-0.25, -0.2) is 17.6 Å². The van der Waals surface area contributed by atoms with Crippen molar-refractivity contribution in [1.82, 2.24) is 19.8 Å². The van der Waals surface area contributed by atoms with Gasteiger partial charge in [0.05, 0.1) is 24.8 Å². The third kappa shape index (κ3) is 9.12. The lowest BCUT2D eigenvalue weighted by molar-refractivity contribution is -0.159. The molecule has 6 rings (SSSR count). The van der Waals surface area contributed by atoms with Crippen LogP contribution in [0.5, 0.6) is 0 Å². The maximum Gasteiger partial charge on any atom is 0.410 e. The fraction of sp³-hybridized carbons (Fsp3) is 0.632. The number of halogens is 2.